The molecule has 10 nitrogen and oxygen atoms in total. The van der Waals surface area contributed by atoms with Crippen molar-refractivity contribution in [3.05, 3.63) is 108 Å². The maximum atomic E-state index is 13.5. The number of nitrogens with one attached hydrogen (secondary N) is 2. The van der Waals surface area contributed by atoms with Crippen molar-refractivity contribution < 1.29 is 38.1 Å². The van der Waals surface area contributed by atoms with E-state index in [1.807, 2.05) is 48.5 Å². The number of carbonyl (C=O) groups excluding carboxylic acids is 4. The molecular formula is C56H76N2O8S2. The largest absolute Gasteiger partial charge is 0.480 e. The topological polar surface area (TPSA) is 129 Å². The predicted octanol–water partition coefficient (Wildman–Crippen LogP) is 15.5. The van der Waals surface area contributed by atoms with Gasteiger partial charge in [-0.15, -0.1) is 0 Å². The normalized spacial score (nSPS) is 11.9. The van der Waals surface area contributed by atoms with Crippen LogP contribution in [0.4, 0.5) is 11.4 Å². The van der Waals surface area contributed by atoms with Crippen LogP contribution in [0.15, 0.2) is 107 Å². The second kappa shape index (κ2) is 33.5. The lowest BCUT2D eigenvalue weighted by molar-refractivity contribution is -0.122. The number of unbranched alkanes of at least 4 members (excludes halogenated alkanes) is 18. The zero-order chi connectivity index (χ0) is 48.6. The zero-order valence-electron chi connectivity index (χ0n) is 41.0. The first-order chi connectivity index (χ1) is 33.2. The Bertz CT molecular complexity index is 1950. The minimum Gasteiger partial charge on any atom is -0.480 e. The highest BCUT2D eigenvalue weighted by Gasteiger charge is 2.23. The summed E-state index contributed by atoms with van der Waals surface area (Å²) in [5.41, 5.74) is 1.72. The van der Waals surface area contributed by atoms with Crippen molar-refractivity contribution in [2.45, 2.75) is 178 Å². The molecule has 2 atom stereocenters. The summed E-state index contributed by atoms with van der Waals surface area (Å²) in [5.74, 6) is -1.16. The van der Waals surface area contributed by atoms with Gasteiger partial charge in [0.25, 0.3) is 11.8 Å². The summed E-state index contributed by atoms with van der Waals surface area (Å²) < 4.78 is 23.3. The molecule has 2 amide bonds. The van der Waals surface area contributed by atoms with Gasteiger partial charge in [-0.1, -0.05) is 200 Å². The Morgan fingerprint density at radius 3 is 1.10 bits per heavy atom. The number of esters is 2. The molecule has 0 aliphatic carbocycles. The summed E-state index contributed by atoms with van der Waals surface area (Å²) in [5, 5.41) is 5.97. The Balaban J connectivity index is 1.23. The first-order valence-corrected chi connectivity index (χ1v) is 27.4. The number of amides is 2. The lowest BCUT2D eigenvalue weighted by Crippen LogP contribution is -2.31. The average molecular weight is 969 g/mol. The van der Waals surface area contributed by atoms with Gasteiger partial charge in [0.2, 0.25) is 0 Å². The highest BCUT2D eigenvalue weighted by molar-refractivity contribution is 8.76. The second-order valence-electron chi connectivity index (χ2n) is 17.3. The molecular weight excluding hydrogens is 893 g/mol. The molecule has 0 aromatic heterocycles. The molecule has 0 aliphatic rings. The van der Waals surface area contributed by atoms with Gasteiger partial charge in [-0.2, -0.15) is 0 Å². The van der Waals surface area contributed by atoms with Gasteiger partial charge in [-0.25, -0.2) is 9.59 Å². The first kappa shape index (κ1) is 55.7. The van der Waals surface area contributed by atoms with Gasteiger partial charge < -0.3 is 29.6 Å². The van der Waals surface area contributed by atoms with Crippen molar-refractivity contribution in [1.29, 1.82) is 0 Å². The van der Waals surface area contributed by atoms with E-state index in [1.54, 1.807) is 62.4 Å². The van der Waals surface area contributed by atoms with E-state index in [-0.39, 0.29) is 34.4 Å². The number of rotatable bonds is 35. The lowest BCUT2D eigenvalue weighted by atomic mass is 10.1. The molecule has 2 unspecified atom stereocenters. The van der Waals surface area contributed by atoms with E-state index < -0.39 is 24.1 Å². The third-order valence-corrected chi connectivity index (χ3v) is 14.0. The summed E-state index contributed by atoms with van der Waals surface area (Å²) in [6, 6.07) is 28.5. The van der Waals surface area contributed by atoms with Gasteiger partial charge >= 0.3 is 11.9 Å². The van der Waals surface area contributed by atoms with E-state index in [1.165, 1.54) is 111 Å². The quantitative estimate of drug-likeness (QED) is 0.0261. The van der Waals surface area contributed by atoms with Crippen LogP contribution in [-0.4, -0.2) is 49.2 Å². The van der Waals surface area contributed by atoms with Gasteiger partial charge in [-0.05, 0) is 75.2 Å². The number of para-hydroxylation sites is 4. The van der Waals surface area contributed by atoms with Crippen LogP contribution in [0.5, 0.6) is 11.5 Å². The fraction of sp³-hybridized carbons (Fsp3) is 0.500. The summed E-state index contributed by atoms with van der Waals surface area (Å²) in [6.45, 7) is 8.42. The van der Waals surface area contributed by atoms with Crippen LogP contribution in [0.3, 0.4) is 0 Å². The maximum absolute atomic E-state index is 13.5. The third-order valence-electron chi connectivity index (χ3n) is 11.5. The SMILES string of the molecule is CCCCCCCCCCCCOC(=O)c1ccccc1OC(C)C(=O)Nc1ccccc1SSc1ccccc1NC(=O)C(C)Oc1ccccc1C(=O)OCCCCCCCCCCCC. The van der Waals surface area contributed by atoms with E-state index in [4.69, 9.17) is 18.9 Å². The number of hydrogen-bond donors (Lipinski definition) is 2. The Kier molecular flexibility index (Phi) is 27.4. The van der Waals surface area contributed by atoms with Gasteiger partial charge in [0.15, 0.2) is 12.2 Å². The highest BCUT2D eigenvalue weighted by Crippen LogP contribution is 2.43. The minimum absolute atomic E-state index is 0.276. The molecule has 0 saturated carbocycles. The molecule has 4 aromatic carbocycles. The monoisotopic (exact) mass is 969 g/mol. The van der Waals surface area contributed by atoms with E-state index in [9.17, 15) is 19.2 Å². The molecule has 0 bridgehead atoms. The van der Waals surface area contributed by atoms with Gasteiger partial charge in [-0.3, -0.25) is 9.59 Å². The molecule has 0 radical (unpaired) electrons. The van der Waals surface area contributed by atoms with Crippen LogP contribution >= 0.6 is 21.6 Å². The number of carbonyl (C=O) groups is 4. The fourth-order valence-corrected chi connectivity index (χ4v) is 9.75. The van der Waals surface area contributed by atoms with Crippen molar-refractivity contribution in [3.8, 4) is 11.5 Å². The van der Waals surface area contributed by atoms with Crippen molar-refractivity contribution in [1.82, 2.24) is 0 Å². The van der Waals surface area contributed by atoms with E-state index in [0.717, 1.165) is 48.3 Å². The Hall–Kier alpha value is -4.94. The van der Waals surface area contributed by atoms with Crippen LogP contribution in [0.2, 0.25) is 0 Å². The summed E-state index contributed by atoms with van der Waals surface area (Å²) >= 11 is 0. The van der Waals surface area contributed by atoms with Gasteiger partial charge in [0.1, 0.15) is 22.6 Å². The maximum Gasteiger partial charge on any atom is 0.341 e. The smallest absolute Gasteiger partial charge is 0.341 e. The summed E-state index contributed by atoms with van der Waals surface area (Å²) in [7, 11) is 2.84. The number of hydrogen-bond acceptors (Lipinski definition) is 10. The van der Waals surface area contributed by atoms with E-state index in [2.05, 4.69) is 24.5 Å². The first-order valence-electron chi connectivity index (χ1n) is 25.2. The number of anilines is 2. The molecule has 370 valence electrons. The Morgan fingerprint density at radius 1 is 0.426 bits per heavy atom. The summed E-state index contributed by atoms with van der Waals surface area (Å²) in [6.07, 6.45) is 22.0. The minimum atomic E-state index is -0.927. The highest BCUT2D eigenvalue weighted by atomic mass is 33.1. The average Bonchev–Trinajstić information content (AvgIpc) is 3.35. The van der Waals surface area contributed by atoms with Crippen LogP contribution < -0.4 is 20.1 Å². The molecule has 0 heterocycles. The second-order valence-corrected chi connectivity index (χ2v) is 19.5. The molecule has 12 heteroatoms. The molecule has 4 aromatic rings. The van der Waals surface area contributed by atoms with E-state index in [0.29, 0.717) is 24.6 Å². The third kappa shape index (κ3) is 21.1. The van der Waals surface area contributed by atoms with Crippen molar-refractivity contribution in [3.63, 3.8) is 0 Å². The molecule has 0 saturated heterocycles. The zero-order valence-corrected chi connectivity index (χ0v) is 42.7. The molecule has 0 spiro atoms. The van der Waals surface area contributed by atoms with Crippen LogP contribution in [0, 0.1) is 0 Å². The predicted molar refractivity (Wildman–Crippen MR) is 279 cm³/mol. The molecule has 4 rings (SSSR count). The summed E-state index contributed by atoms with van der Waals surface area (Å²) in [4.78, 5) is 54.7. The Labute approximate surface area is 414 Å². The standard InChI is InChI=1S/C56H76N2O8S2/c1-5-7-9-11-13-15-17-19-21-31-41-63-55(61)45-33-23-27-37-49(45)65-43(3)53(59)57-47-35-25-29-39-51(47)67-68-52-40-30-26-36-48(52)58-54(60)44(4)66-50-38-28-24-34-46(50)56(62)64-42-32-22-20-18-16-14-12-10-8-6-2/h23-30,33-40,43-44H,5-22,31-32,41-42H2,1-4H3,(H,57,59)(H,58,60). The lowest BCUT2D eigenvalue weighted by Gasteiger charge is -2.19. The number of ether oxygens (including phenoxy) is 4. The van der Waals surface area contributed by atoms with Crippen LogP contribution in [0.25, 0.3) is 0 Å². The van der Waals surface area contributed by atoms with Crippen LogP contribution in [-0.2, 0) is 19.1 Å². The number of benzene rings is 4. The molecule has 2 N–H and O–H groups in total. The molecule has 0 fully saturated rings. The Morgan fingerprint density at radius 2 is 0.735 bits per heavy atom. The molecule has 0 aliphatic heterocycles. The van der Waals surface area contributed by atoms with Crippen LogP contribution in [0.1, 0.15) is 177 Å². The van der Waals surface area contributed by atoms with Gasteiger partial charge in [0.05, 0.1) is 24.6 Å². The fourth-order valence-electron chi connectivity index (χ4n) is 7.47. The van der Waals surface area contributed by atoms with Crippen molar-refractivity contribution in [2.75, 3.05) is 23.8 Å². The van der Waals surface area contributed by atoms with E-state index >= 15 is 0 Å². The van der Waals surface area contributed by atoms with Crippen molar-refractivity contribution in [2.24, 2.45) is 0 Å². The van der Waals surface area contributed by atoms with Gasteiger partial charge in [0, 0.05) is 9.79 Å². The molecule has 68 heavy (non-hydrogen) atoms. The van der Waals surface area contributed by atoms with Crippen molar-refractivity contribution >= 4 is 56.7 Å².